The molecule has 29 heavy (non-hydrogen) atoms. The second-order valence-electron chi connectivity index (χ2n) is 8.79. The largest absolute Gasteiger partial charge is 0.369 e. The van der Waals surface area contributed by atoms with Crippen LogP contribution in [0.4, 0.5) is 19.3 Å². The summed E-state index contributed by atoms with van der Waals surface area (Å²) >= 11 is 0. The van der Waals surface area contributed by atoms with Gasteiger partial charge < -0.3 is 20.4 Å². The number of halogens is 2. The van der Waals surface area contributed by atoms with Gasteiger partial charge in [-0.05, 0) is 44.4 Å². The monoisotopic (exact) mass is 408 g/mol. The first kappa shape index (κ1) is 21.3. The summed E-state index contributed by atoms with van der Waals surface area (Å²) in [5.74, 6) is -0.290. The van der Waals surface area contributed by atoms with Gasteiger partial charge in [-0.15, -0.1) is 0 Å². The number of anilines is 1. The van der Waals surface area contributed by atoms with Crippen LogP contribution >= 0.6 is 0 Å². The summed E-state index contributed by atoms with van der Waals surface area (Å²) in [5, 5.41) is 5.33. The van der Waals surface area contributed by atoms with Crippen molar-refractivity contribution in [2.45, 2.75) is 58.5 Å². The Kier molecular flexibility index (Phi) is 6.00. The van der Waals surface area contributed by atoms with Crippen molar-refractivity contribution in [3.8, 4) is 0 Å². The topological polar surface area (TPSA) is 64.7 Å². The first-order chi connectivity index (χ1) is 13.6. The molecule has 2 N–H and O–H groups in total. The Balaban J connectivity index is 1.93. The molecule has 1 unspecified atom stereocenters. The molecule has 0 bridgehead atoms. The highest BCUT2D eigenvalue weighted by atomic mass is 19.3. The molecule has 1 atom stereocenters. The summed E-state index contributed by atoms with van der Waals surface area (Å²) in [6.07, 6.45) is -1.72. The predicted octanol–water partition coefficient (Wildman–Crippen LogP) is 3.32. The first-order valence-corrected chi connectivity index (χ1v) is 10.1. The van der Waals surface area contributed by atoms with Crippen LogP contribution in [0, 0.1) is 0 Å². The molecule has 2 heterocycles. The van der Waals surface area contributed by atoms with Crippen molar-refractivity contribution in [3.05, 3.63) is 28.8 Å². The molecule has 1 aromatic rings. The Morgan fingerprint density at radius 3 is 2.59 bits per heavy atom. The van der Waals surface area contributed by atoms with Crippen molar-refractivity contribution in [2.75, 3.05) is 31.1 Å². The third-order valence-corrected chi connectivity index (χ3v) is 5.39. The summed E-state index contributed by atoms with van der Waals surface area (Å²) in [6, 6.07) is 3.45. The van der Waals surface area contributed by atoms with Gasteiger partial charge in [0.05, 0.1) is 6.54 Å². The lowest BCUT2D eigenvalue weighted by atomic mass is 9.91. The summed E-state index contributed by atoms with van der Waals surface area (Å²) < 4.78 is 25.1. The average Bonchev–Trinajstić information content (AvgIpc) is 2.89. The van der Waals surface area contributed by atoms with Crippen molar-refractivity contribution < 1.29 is 18.4 Å². The Morgan fingerprint density at radius 2 is 1.97 bits per heavy atom. The molecule has 0 radical (unpaired) electrons. The molecular formula is C21H30F2N4O2. The Bertz CT molecular complexity index is 792. The number of benzene rings is 1. The molecule has 0 spiro atoms. The summed E-state index contributed by atoms with van der Waals surface area (Å²) in [7, 11) is 0. The van der Waals surface area contributed by atoms with Crippen LogP contribution in [0.5, 0.6) is 0 Å². The van der Waals surface area contributed by atoms with Crippen molar-refractivity contribution >= 4 is 17.6 Å². The molecule has 6 nitrogen and oxygen atoms in total. The second kappa shape index (κ2) is 8.16. The normalized spacial score (nSPS) is 18.5. The molecule has 8 heteroatoms. The van der Waals surface area contributed by atoms with Gasteiger partial charge in [0.1, 0.15) is 0 Å². The quantitative estimate of drug-likeness (QED) is 0.803. The Hall–Kier alpha value is -2.38. The maximum absolute atomic E-state index is 12.7. The lowest BCUT2D eigenvalue weighted by molar-refractivity contribution is 0.0890. The molecule has 160 valence electrons. The number of carbonyl (C=O) groups excluding carboxylic acids is 2. The third kappa shape index (κ3) is 4.62. The zero-order chi connectivity index (χ0) is 21.3. The molecule has 3 rings (SSSR count). The molecule has 0 saturated heterocycles. The minimum absolute atomic E-state index is 0.113. The van der Waals surface area contributed by atoms with Crippen molar-refractivity contribution in [1.29, 1.82) is 0 Å². The summed E-state index contributed by atoms with van der Waals surface area (Å²) in [6.45, 7) is 9.73. The SMILES string of the molecule is CCC1CN2CCN(C(=O)NC(C)(C)C)Cc3ccc(C(=O)NCC(F)F)c1c32. The van der Waals surface area contributed by atoms with Crippen molar-refractivity contribution in [3.63, 3.8) is 0 Å². The number of carbonyl (C=O) groups is 2. The number of hydrogen-bond donors (Lipinski definition) is 2. The maximum Gasteiger partial charge on any atom is 0.318 e. The van der Waals surface area contributed by atoms with E-state index in [0.717, 1.165) is 29.8 Å². The fraction of sp³-hybridized carbons (Fsp3) is 0.619. The van der Waals surface area contributed by atoms with Crippen LogP contribution in [0.2, 0.25) is 0 Å². The van der Waals surface area contributed by atoms with Crippen molar-refractivity contribution in [1.82, 2.24) is 15.5 Å². The zero-order valence-corrected chi connectivity index (χ0v) is 17.5. The van der Waals surface area contributed by atoms with Crippen LogP contribution < -0.4 is 15.5 Å². The highest BCUT2D eigenvalue weighted by molar-refractivity contribution is 5.98. The van der Waals surface area contributed by atoms with Crippen LogP contribution in [-0.4, -0.2) is 55.0 Å². The van der Waals surface area contributed by atoms with E-state index in [9.17, 15) is 18.4 Å². The van der Waals surface area contributed by atoms with Gasteiger partial charge in [-0.25, -0.2) is 13.6 Å². The Morgan fingerprint density at radius 1 is 1.24 bits per heavy atom. The molecule has 3 amide bonds. The van der Waals surface area contributed by atoms with Crippen LogP contribution in [-0.2, 0) is 6.54 Å². The molecule has 0 saturated carbocycles. The molecule has 0 fully saturated rings. The van der Waals surface area contributed by atoms with Crippen LogP contribution in [0.15, 0.2) is 12.1 Å². The van der Waals surface area contributed by atoms with Gasteiger partial charge in [-0.1, -0.05) is 13.0 Å². The van der Waals surface area contributed by atoms with E-state index in [4.69, 9.17) is 0 Å². The lowest BCUT2D eigenvalue weighted by Crippen LogP contribution is -2.49. The zero-order valence-electron chi connectivity index (χ0n) is 17.5. The van der Waals surface area contributed by atoms with Crippen LogP contribution in [0.1, 0.15) is 61.5 Å². The van der Waals surface area contributed by atoms with Crippen LogP contribution in [0.3, 0.4) is 0 Å². The molecule has 1 aromatic carbocycles. The molecular weight excluding hydrogens is 378 g/mol. The Labute approximate surface area is 170 Å². The first-order valence-electron chi connectivity index (χ1n) is 10.1. The number of rotatable bonds is 4. The van der Waals surface area contributed by atoms with Gasteiger partial charge in [0.25, 0.3) is 12.3 Å². The van der Waals surface area contributed by atoms with E-state index in [-0.39, 0.29) is 17.5 Å². The van der Waals surface area contributed by atoms with Gasteiger partial charge in [0.15, 0.2) is 0 Å². The standard InChI is InChI=1S/C21H30F2N4O2/c1-5-13-11-26-8-9-27(20(29)25-21(2,3)4)12-14-6-7-15(17(13)18(14)26)19(28)24-10-16(22)23/h6-7,13,16H,5,8-12H2,1-4H3,(H,24,28)(H,25,29). The van der Waals surface area contributed by atoms with E-state index in [1.165, 1.54) is 0 Å². The number of amides is 3. The minimum atomic E-state index is -2.58. The third-order valence-electron chi connectivity index (χ3n) is 5.39. The van der Waals surface area contributed by atoms with Crippen molar-refractivity contribution in [2.24, 2.45) is 0 Å². The molecule has 0 aromatic heterocycles. The highest BCUT2D eigenvalue weighted by Gasteiger charge is 2.36. The molecule has 2 aliphatic rings. The number of urea groups is 1. The van der Waals surface area contributed by atoms with Gasteiger partial charge in [0, 0.05) is 48.9 Å². The lowest BCUT2D eigenvalue weighted by Gasteiger charge is -2.28. The van der Waals surface area contributed by atoms with E-state index in [0.29, 0.717) is 25.2 Å². The van der Waals surface area contributed by atoms with E-state index >= 15 is 0 Å². The number of alkyl halides is 2. The smallest absolute Gasteiger partial charge is 0.318 e. The summed E-state index contributed by atoms with van der Waals surface area (Å²) in [5.41, 5.74) is 3.05. The van der Waals surface area contributed by atoms with Gasteiger partial charge >= 0.3 is 6.03 Å². The minimum Gasteiger partial charge on any atom is -0.369 e. The van der Waals surface area contributed by atoms with Gasteiger partial charge in [-0.2, -0.15) is 0 Å². The van der Waals surface area contributed by atoms with E-state index in [2.05, 4.69) is 22.5 Å². The fourth-order valence-corrected chi connectivity index (χ4v) is 4.11. The van der Waals surface area contributed by atoms with Gasteiger partial charge in [0.2, 0.25) is 0 Å². The molecule has 2 aliphatic heterocycles. The summed E-state index contributed by atoms with van der Waals surface area (Å²) in [4.78, 5) is 29.3. The van der Waals surface area contributed by atoms with Crippen LogP contribution in [0.25, 0.3) is 0 Å². The van der Waals surface area contributed by atoms with E-state index in [1.807, 2.05) is 26.8 Å². The maximum atomic E-state index is 12.7. The predicted molar refractivity (Wildman–Crippen MR) is 109 cm³/mol. The number of nitrogens with one attached hydrogen (secondary N) is 2. The average molecular weight is 408 g/mol. The fourth-order valence-electron chi connectivity index (χ4n) is 4.11. The highest BCUT2D eigenvalue weighted by Crippen LogP contribution is 2.44. The van der Waals surface area contributed by atoms with E-state index in [1.54, 1.807) is 11.0 Å². The number of hydrogen-bond acceptors (Lipinski definition) is 3. The number of nitrogens with zero attached hydrogens (tertiary/aromatic N) is 2. The van der Waals surface area contributed by atoms with Gasteiger partial charge in [-0.3, -0.25) is 4.79 Å². The molecule has 0 aliphatic carbocycles. The second-order valence-corrected chi connectivity index (χ2v) is 8.79. The van der Waals surface area contributed by atoms with E-state index < -0.39 is 18.9 Å².